The average Bonchev–Trinajstić information content (AvgIpc) is 2.65. The molecule has 0 amide bonds. The van der Waals surface area contributed by atoms with Crippen LogP contribution in [0.5, 0.6) is 0 Å². The Morgan fingerprint density at radius 3 is 2.88 bits per heavy atom. The minimum Gasteiger partial charge on any atom is -0.395 e. The first-order chi connectivity index (χ1) is 8.02. The third kappa shape index (κ3) is 2.31. The molecule has 94 valence electrons. The van der Waals surface area contributed by atoms with Crippen molar-refractivity contribution in [2.45, 2.75) is 30.1 Å². The second kappa shape index (κ2) is 4.67. The van der Waals surface area contributed by atoms with Crippen LogP contribution in [0.15, 0.2) is 15.8 Å². The van der Waals surface area contributed by atoms with Crippen molar-refractivity contribution < 1.29 is 10.2 Å². The molecule has 1 saturated heterocycles. The normalized spacial score (nSPS) is 28.5. The summed E-state index contributed by atoms with van der Waals surface area (Å²) >= 11 is 1.34. The largest absolute Gasteiger partial charge is 0.395 e. The van der Waals surface area contributed by atoms with Crippen molar-refractivity contribution >= 4 is 11.8 Å². The molecule has 2 rings (SSSR count). The zero-order chi connectivity index (χ0) is 12.6. The van der Waals surface area contributed by atoms with Crippen LogP contribution in [-0.2, 0) is 0 Å². The highest BCUT2D eigenvalue weighted by Crippen LogP contribution is 2.40. The second-order valence-electron chi connectivity index (χ2n) is 4.09. The van der Waals surface area contributed by atoms with Gasteiger partial charge in [0.05, 0.1) is 23.3 Å². The second-order valence-corrected chi connectivity index (χ2v) is 5.52. The Morgan fingerprint density at radius 2 is 2.29 bits per heavy atom. The van der Waals surface area contributed by atoms with E-state index in [-0.39, 0.29) is 17.2 Å². The van der Waals surface area contributed by atoms with Crippen molar-refractivity contribution in [2.75, 3.05) is 6.61 Å². The van der Waals surface area contributed by atoms with Crippen molar-refractivity contribution in [1.29, 1.82) is 0 Å². The molecule has 1 fully saturated rings. The van der Waals surface area contributed by atoms with Gasteiger partial charge in [0.25, 0.3) is 5.56 Å². The minimum atomic E-state index is -0.630. The molecule has 3 N–H and O–H groups in total. The molecular formula is C10H14N2O4S. The number of rotatable bonds is 2. The van der Waals surface area contributed by atoms with Gasteiger partial charge in [0.2, 0.25) is 0 Å². The standard InChI is InChI=1S/C10H14N2O4S/c1-5-3-12(10(16)11-9(5)15)8-2-6(14)7(4-13)17-8/h3,6-8,13-14H,2,4H2,1H3,(H,11,15,16)/t6-,7-,8+/m1/s1. The Hall–Kier alpha value is -1.05. The van der Waals surface area contributed by atoms with Crippen LogP contribution in [-0.4, -0.2) is 37.7 Å². The molecule has 3 atom stereocenters. The van der Waals surface area contributed by atoms with Crippen LogP contribution in [0.1, 0.15) is 17.4 Å². The summed E-state index contributed by atoms with van der Waals surface area (Å²) in [4.78, 5) is 25.1. The summed E-state index contributed by atoms with van der Waals surface area (Å²) in [6, 6.07) is 0. The lowest BCUT2D eigenvalue weighted by Crippen LogP contribution is -2.32. The fourth-order valence-corrected chi connectivity index (χ4v) is 3.23. The lowest BCUT2D eigenvalue weighted by molar-refractivity contribution is 0.137. The molecule has 1 aromatic heterocycles. The van der Waals surface area contributed by atoms with Gasteiger partial charge in [-0.25, -0.2) is 4.79 Å². The van der Waals surface area contributed by atoms with Gasteiger partial charge in [-0.05, 0) is 6.92 Å². The zero-order valence-electron chi connectivity index (χ0n) is 9.29. The maximum absolute atomic E-state index is 11.6. The Morgan fingerprint density at radius 1 is 1.59 bits per heavy atom. The van der Waals surface area contributed by atoms with Gasteiger partial charge >= 0.3 is 5.69 Å². The fourth-order valence-electron chi connectivity index (χ4n) is 1.85. The zero-order valence-corrected chi connectivity index (χ0v) is 10.1. The van der Waals surface area contributed by atoms with Crippen molar-refractivity contribution in [2.24, 2.45) is 0 Å². The van der Waals surface area contributed by atoms with Crippen LogP contribution >= 0.6 is 11.8 Å². The molecule has 0 aliphatic carbocycles. The van der Waals surface area contributed by atoms with Crippen LogP contribution in [0, 0.1) is 6.92 Å². The molecule has 2 heterocycles. The van der Waals surface area contributed by atoms with E-state index in [4.69, 9.17) is 5.11 Å². The number of aryl methyl sites for hydroxylation is 1. The third-order valence-corrected chi connectivity index (χ3v) is 4.39. The van der Waals surface area contributed by atoms with Crippen molar-refractivity contribution in [3.8, 4) is 0 Å². The lowest BCUT2D eigenvalue weighted by atomic mass is 10.2. The summed E-state index contributed by atoms with van der Waals surface area (Å²) in [5, 5.41) is 18.2. The first-order valence-corrected chi connectivity index (χ1v) is 6.23. The number of aromatic amines is 1. The number of thioether (sulfide) groups is 1. The van der Waals surface area contributed by atoms with Crippen molar-refractivity contribution in [3.63, 3.8) is 0 Å². The molecule has 1 aliphatic rings. The molecular weight excluding hydrogens is 244 g/mol. The molecule has 0 unspecified atom stereocenters. The molecule has 0 saturated carbocycles. The minimum absolute atomic E-state index is 0.126. The first-order valence-electron chi connectivity index (χ1n) is 5.29. The fraction of sp³-hybridized carbons (Fsp3) is 0.600. The van der Waals surface area contributed by atoms with Gasteiger partial charge in [0.15, 0.2) is 0 Å². The van der Waals surface area contributed by atoms with Gasteiger partial charge in [-0.3, -0.25) is 14.3 Å². The number of aliphatic hydroxyl groups is 2. The van der Waals surface area contributed by atoms with E-state index in [1.54, 1.807) is 6.92 Å². The molecule has 6 nitrogen and oxygen atoms in total. The third-order valence-electron chi connectivity index (χ3n) is 2.84. The highest BCUT2D eigenvalue weighted by Gasteiger charge is 2.34. The molecule has 1 aliphatic heterocycles. The van der Waals surface area contributed by atoms with Crippen LogP contribution < -0.4 is 11.2 Å². The molecule has 17 heavy (non-hydrogen) atoms. The van der Waals surface area contributed by atoms with Crippen LogP contribution in [0.3, 0.4) is 0 Å². The highest BCUT2D eigenvalue weighted by molar-refractivity contribution is 8.00. The average molecular weight is 258 g/mol. The molecule has 7 heteroatoms. The Balaban J connectivity index is 2.34. The van der Waals surface area contributed by atoms with Gasteiger partial charge in [-0.1, -0.05) is 0 Å². The summed E-state index contributed by atoms with van der Waals surface area (Å²) in [5.74, 6) is 0. The molecule has 0 radical (unpaired) electrons. The van der Waals surface area contributed by atoms with E-state index in [9.17, 15) is 14.7 Å². The Labute approximate surface area is 101 Å². The van der Waals surface area contributed by atoms with E-state index < -0.39 is 17.4 Å². The summed E-state index contributed by atoms with van der Waals surface area (Å²) in [6.07, 6.45) is 1.25. The Bertz CT molecular complexity index is 524. The first kappa shape index (κ1) is 12.4. The van der Waals surface area contributed by atoms with E-state index in [2.05, 4.69) is 4.98 Å². The van der Waals surface area contributed by atoms with Crippen LogP contribution in [0.2, 0.25) is 0 Å². The number of hydrogen-bond acceptors (Lipinski definition) is 5. The topological polar surface area (TPSA) is 95.3 Å². The van der Waals surface area contributed by atoms with Crippen LogP contribution in [0.4, 0.5) is 0 Å². The van der Waals surface area contributed by atoms with E-state index in [1.165, 1.54) is 22.5 Å². The van der Waals surface area contributed by atoms with E-state index in [0.29, 0.717) is 12.0 Å². The lowest BCUT2D eigenvalue weighted by Gasteiger charge is -2.13. The summed E-state index contributed by atoms with van der Waals surface area (Å²) in [7, 11) is 0. The summed E-state index contributed by atoms with van der Waals surface area (Å²) in [5.41, 5.74) is -0.426. The van der Waals surface area contributed by atoms with E-state index in [1.807, 2.05) is 0 Å². The predicted molar refractivity (Wildman–Crippen MR) is 64.2 cm³/mol. The van der Waals surface area contributed by atoms with Gasteiger partial charge in [-0.2, -0.15) is 0 Å². The number of nitrogens with zero attached hydrogens (tertiary/aromatic N) is 1. The Kier molecular flexibility index (Phi) is 3.41. The summed E-state index contributed by atoms with van der Waals surface area (Å²) < 4.78 is 1.40. The van der Waals surface area contributed by atoms with Gasteiger partial charge in [0.1, 0.15) is 0 Å². The number of aliphatic hydroxyl groups excluding tert-OH is 2. The summed E-state index contributed by atoms with van der Waals surface area (Å²) in [6.45, 7) is 1.49. The van der Waals surface area contributed by atoms with E-state index >= 15 is 0 Å². The number of aromatic nitrogens is 2. The number of H-pyrrole nitrogens is 1. The van der Waals surface area contributed by atoms with Crippen molar-refractivity contribution in [3.05, 3.63) is 32.6 Å². The maximum Gasteiger partial charge on any atom is 0.329 e. The molecule has 1 aromatic rings. The van der Waals surface area contributed by atoms with Gasteiger partial charge in [-0.15, -0.1) is 11.8 Å². The smallest absolute Gasteiger partial charge is 0.329 e. The predicted octanol–water partition coefficient (Wildman–Crippen LogP) is -0.798. The molecule has 0 aromatic carbocycles. The number of hydrogen-bond donors (Lipinski definition) is 3. The van der Waals surface area contributed by atoms with Crippen LogP contribution in [0.25, 0.3) is 0 Å². The quantitative estimate of drug-likeness (QED) is 0.645. The number of nitrogens with one attached hydrogen (secondary N) is 1. The SMILES string of the molecule is Cc1cn([C@@H]2C[C@@H](O)[C@@H](CO)S2)c(=O)[nH]c1=O. The maximum atomic E-state index is 11.6. The highest BCUT2D eigenvalue weighted by atomic mass is 32.2. The molecule has 0 spiro atoms. The van der Waals surface area contributed by atoms with Crippen molar-refractivity contribution in [1.82, 2.24) is 9.55 Å². The van der Waals surface area contributed by atoms with Gasteiger partial charge < -0.3 is 10.2 Å². The monoisotopic (exact) mass is 258 g/mol. The van der Waals surface area contributed by atoms with E-state index in [0.717, 1.165) is 0 Å². The molecule has 0 bridgehead atoms. The van der Waals surface area contributed by atoms with Gasteiger partial charge in [0, 0.05) is 18.2 Å².